The summed E-state index contributed by atoms with van der Waals surface area (Å²) in [5, 5.41) is 0. The number of rotatable bonds is 1. The second-order valence-corrected chi connectivity index (χ2v) is 3.02. The molecule has 0 saturated heterocycles. The average Bonchev–Trinajstić information content (AvgIpc) is 2.07. The van der Waals surface area contributed by atoms with Gasteiger partial charge >= 0.3 is 0 Å². The Morgan fingerprint density at radius 3 is 2.50 bits per heavy atom. The van der Waals surface area contributed by atoms with Crippen LogP contribution in [0.25, 0.3) is 0 Å². The van der Waals surface area contributed by atoms with Gasteiger partial charge in [0.2, 0.25) is 0 Å². The Hall–Kier alpha value is -1.22. The fourth-order valence-corrected chi connectivity index (χ4v) is 1.10. The molecule has 62 valence electrons. The first kappa shape index (κ1) is 8.87. The van der Waals surface area contributed by atoms with Crippen molar-refractivity contribution < 1.29 is 0 Å². The van der Waals surface area contributed by atoms with E-state index in [1.165, 1.54) is 16.7 Å². The summed E-state index contributed by atoms with van der Waals surface area (Å²) in [7, 11) is 0. The summed E-state index contributed by atoms with van der Waals surface area (Å²) >= 11 is 0. The van der Waals surface area contributed by atoms with E-state index in [9.17, 15) is 0 Å². The van der Waals surface area contributed by atoms with Gasteiger partial charge in [0, 0.05) is 6.42 Å². The van der Waals surface area contributed by atoms with Gasteiger partial charge in [0.1, 0.15) is 0 Å². The molecule has 0 spiro atoms. The molecule has 0 N–H and O–H groups in total. The van der Waals surface area contributed by atoms with Crippen molar-refractivity contribution in [3.8, 4) is 11.8 Å². The zero-order valence-corrected chi connectivity index (χ0v) is 7.94. The van der Waals surface area contributed by atoms with Crippen molar-refractivity contribution in [2.75, 3.05) is 0 Å². The van der Waals surface area contributed by atoms with E-state index >= 15 is 0 Å². The summed E-state index contributed by atoms with van der Waals surface area (Å²) in [6.07, 6.45) is 0.873. The standard InChI is InChI=1S/C12H14/c1-4-5-6-12-8-7-10(2)11(3)9-12/h7-9H,6H2,1-3H3. The van der Waals surface area contributed by atoms with Crippen LogP contribution in [0.5, 0.6) is 0 Å². The van der Waals surface area contributed by atoms with E-state index in [4.69, 9.17) is 0 Å². The van der Waals surface area contributed by atoms with Gasteiger partial charge in [-0.05, 0) is 37.5 Å². The third kappa shape index (κ3) is 2.13. The van der Waals surface area contributed by atoms with Gasteiger partial charge in [-0.2, -0.15) is 0 Å². The monoisotopic (exact) mass is 158 g/mol. The van der Waals surface area contributed by atoms with E-state index in [1.54, 1.807) is 0 Å². The van der Waals surface area contributed by atoms with Gasteiger partial charge in [0.05, 0.1) is 0 Å². The molecule has 0 unspecified atom stereocenters. The molecule has 1 rings (SSSR count). The SMILES string of the molecule is CC#CCc1ccc(C)c(C)c1. The van der Waals surface area contributed by atoms with Crippen LogP contribution in [0.3, 0.4) is 0 Å². The van der Waals surface area contributed by atoms with E-state index in [2.05, 4.69) is 43.9 Å². The molecule has 0 fully saturated rings. The summed E-state index contributed by atoms with van der Waals surface area (Å²) in [5.41, 5.74) is 4.01. The molecule has 0 nitrogen and oxygen atoms in total. The minimum absolute atomic E-state index is 0.873. The number of hydrogen-bond donors (Lipinski definition) is 0. The van der Waals surface area contributed by atoms with Gasteiger partial charge in [0.25, 0.3) is 0 Å². The summed E-state index contributed by atoms with van der Waals surface area (Å²) < 4.78 is 0. The topological polar surface area (TPSA) is 0 Å². The molecule has 1 aromatic carbocycles. The number of hydrogen-bond acceptors (Lipinski definition) is 0. The average molecular weight is 158 g/mol. The van der Waals surface area contributed by atoms with Crippen molar-refractivity contribution in [3.05, 3.63) is 34.9 Å². The normalized spacial score (nSPS) is 8.92. The molecule has 0 aliphatic carbocycles. The van der Waals surface area contributed by atoms with Crippen LogP contribution in [0.2, 0.25) is 0 Å². The van der Waals surface area contributed by atoms with E-state index in [0.717, 1.165) is 6.42 Å². The minimum Gasteiger partial charge on any atom is -0.106 e. The quantitative estimate of drug-likeness (QED) is 0.551. The molecule has 0 bridgehead atoms. The molecule has 0 aromatic heterocycles. The maximum absolute atomic E-state index is 3.06. The highest BCUT2D eigenvalue weighted by Gasteiger charge is 1.93. The smallest absolute Gasteiger partial charge is 0.0340 e. The molecule has 0 heteroatoms. The maximum Gasteiger partial charge on any atom is 0.0340 e. The molecule has 0 aliphatic rings. The van der Waals surface area contributed by atoms with Crippen molar-refractivity contribution in [2.24, 2.45) is 0 Å². The van der Waals surface area contributed by atoms with Crippen LogP contribution in [0, 0.1) is 25.7 Å². The Bertz CT molecular complexity index is 324. The molecule has 1 aromatic rings. The van der Waals surface area contributed by atoms with Crippen molar-refractivity contribution in [1.82, 2.24) is 0 Å². The lowest BCUT2D eigenvalue weighted by molar-refractivity contribution is 1.25. The lowest BCUT2D eigenvalue weighted by Gasteiger charge is -2.01. The Morgan fingerprint density at radius 2 is 1.92 bits per heavy atom. The highest BCUT2D eigenvalue weighted by Crippen LogP contribution is 2.09. The first-order valence-corrected chi connectivity index (χ1v) is 4.20. The van der Waals surface area contributed by atoms with Crippen LogP contribution in [0.15, 0.2) is 18.2 Å². The highest BCUT2D eigenvalue weighted by atomic mass is 14.0. The molecular weight excluding hydrogens is 144 g/mol. The molecule has 0 heterocycles. The predicted molar refractivity (Wildman–Crippen MR) is 53.1 cm³/mol. The molecule has 12 heavy (non-hydrogen) atoms. The minimum atomic E-state index is 0.873. The number of aryl methyl sites for hydroxylation is 2. The van der Waals surface area contributed by atoms with Crippen molar-refractivity contribution in [3.63, 3.8) is 0 Å². The predicted octanol–water partition coefficient (Wildman–Crippen LogP) is 2.87. The maximum atomic E-state index is 3.06. The van der Waals surface area contributed by atoms with Crippen molar-refractivity contribution >= 4 is 0 Å². The Balaban J connectivity index is 2.87. The second-order valence-electron chi connectivity index (χ2n) is 3.02. The van der Waals surface area contributed by atoms with E-state index < -0.39 is 0 Å². The highest BCUT2D eigenvalue weighted by molar-refractivity contribution is 5.31. The van der Waals surface area contributed by atoms with Crippen LogP contribution in [0.4, 0.5) is 0 Å². The van der Waals surface area contributed by atoms with Gasteiger partial charge in [0.15, 0.2) is 0 Å². The Morgan fingerprint density at radius 1 is 1.17 bits per heavy atom. The summed E-state index contributed by atoms with van der Waals surface area (Å²) in [6, 6.07) is 6.51. The van der Waals surface area contributed by atoms with Crippen LogP contribution in [-0.4, -0.2) is 0 Å². The molecule has 0 aliphatic heterocycles. The summed E-state index contributed by atoms with van der Waals surface area (Å²) in [6.45, 7) is 6.14. The third-order valence-corrected chi connectivity index (χ3v) is 2.04. The molecule has 0 saturated carbocycles. The lowest BCUT2D eigenvalue weighted by atomic mass is 10.0. The van der Waals surface area contributed by atoms with Gasteiger partial charge < -0.3 is 0 Å². The second kappa shape index (κ2) is 3.97. The van der Waals surface area contributed by atoms with Gasteiger partial charge in [-0.15, -0.1) is 5.92 Å². The lowest BCUT2D eigenvalue weighted by Crippen LogP contribution is -1.85. The zero-order chi connectivity index (χ0) is 8.97. The largest absolute Gasteiger partial charge is 0.106 e. The van der Waals surface area contributed by atoms with Gasteiger partial charge in [-0.25, -0.2) is 0 Å². The van der Waals surface area contributed by atoms with E-state index in [-0.39, 0.29) is 0 Å². The van der Waals surface area contributed by atoms with E-state index in [1.807, 2.05) is 6.92 Å². The molecule has 0 atom stereocenters. The zero-order valence-electron chi connectivity index (χ0n) is 7.94. The Kier molecular flexibility index (Phi) is 2.94. The van der Waals surface area contributed by atoms with Crippen LogP contribution in [-0.2, 0) is 6.42 Å². The van der Waals surface area contributed by atoms with Gasteiger partial charge in [-0.3, -0.25) is 0 Å². The van der Waals surface area contributed by atoms with Crippen LogP contribution >= 0.6 is 0 Å². The van der Waals surface area contributed by atoms with E-state index in [0.29, 0.717) is 0 Å². The summed E-state index contributed by atoms with van der Waals surface area (Å²) in [4.78, 5) is 0. The van der Waals surface area contributed by atoms with Crippen LogP contribution < -0.4 is 0 Å². The summed E-state index contributed by atoms with van der Waals surface area (Å²) in [5.74, 6) is 5.96. The Labute approximate surface area is 74.6 Å². The van der Waals surface area contributed by atoms with Crippen LogP contribution in [0.1, 0.15) is 23.6 Å². The molecule has 0 amide bonds. The number of benzene rings is 1. The molecular formula is C12H14. The third-order valence-electron chi connectivity index (χ3n) is 2.04. The van der Waals surface area contributed by atoms with Crippen molar-refractivity contribution in [2.45, 2.75) is 27.2 Å². The van der Waals surface area contributed by atoms with Crippen molar-refractivity contribution in [1.29, 1.82) is 0 Å². The fourth-order valence-electron chi connectivity index (χ4n) is 1.10. The molecule has 0 radical (unpaired) electrons. The van der Waals surface area contributed by atoms with Gasteiger partial charge in [-0.1, -0.05) is 24.1 Å². The first-order valence-electron chi connectivity index (χ1n) is 4.20. The fraction of sp³-hybridized carbons (Fsp3) is 0.333. The first-order chi connectivity index (χ1) is 5.74.